The summed E-state index contributed by atoms with van der Waals surface area (Å²) in [5, 5.41) is 25.5. The van der Waals surface area contributed by atoms with Crippen LogP contribution in [0.2, 0.25) is 0 Å². The summed E-state index contributed by atoms with van der Waals surface area (Å²) in [5.41, 5.74) is 7.34. The molecule has 1 atom stereocenters. The molecule has 0 bridgehead atoms. The number of hydrogen-bond acceptors (Lipinski definition) is 6. The molecule has 8 nitrogen and oxygen atoms in total. The van der Waals surface area contributed by atoms with Crippen LogP contribution in [-0.4, -0.2) is 32.4 Å². The fourth-order valence-corrected chi connectivity index (χ4v) is 4.84. The zero-order valence-electron chi connectivity index (χ0n) is 15.4. The lowest BCUT2D eigenvalue weighted by Gasteiger charge is -2.14. The Morgan fingerprint density at radius 3 is 2.47 bits per heavy atom. The zero-order valence-corrected chi connectivity index (χ0v) is 19.7. The van der Waals surface area contributed by atoms with Gasteiger partial charge < -0.3 is 20.7 Å². The average molecular weight is 633 g/mol. The Morgan fingerprint density at radius 1 is 1.17 bits per heavy atom. The van der Waals surface area contributed by atoms with Crippen LogP contribution in [0.4, 0.5) is 0 Å². The summed E-state index contributed by atoms with van der Waals surface area (Å²) >= 11 is 4.26. The van der Waals surface area contributed by atoms with Gasteiger partial charge in [0.15, 0.2) is 5.75 Å². The minimum Gasteiger partial charge on any atom is -0.508 e. The molecule has 156 valence electrons. The second-order valence-corrected chi connectivity index (χ2v) is 8.84. The van der Waals surface area contributed by atoms with Crippen LogP contribution in [0.3, 0.4) is 0 Å². The molecule has 1 heterocycles. The first-order valence-corrected chi connectivity index (χ1v) is 10.9. The molecule has 0 aliphatic heterocycles. The number of aromatic amines is 1. The van der Waals surface area contributed by atoms with Gasteiger partial charge in [0.05, 0.1) is 12.8 Å². The van der Waals surface area contributed by atoms with Gasteiger partial charge in [0.2, 0.25) is 0 Å². The van der Waals surface area contributed by atoms with Gasteiger partial charge in [0, 0.05) is 18.1 Å². The maximum atomic E-state index is 11.2. The molecule has 0 saturated heterocycles. The lowest BCUT2D eigenvalue weighted by atomic mass is 10.1. The average Bonchev–Trinajstić information content (AvgIpc) is 2.68. The SMILES string of the molecule is N[C@H](Cc1cc(I)c(Oc2ccc(O)c(Cc3ccc(=O)[nH]n3)c2)c(I)c1)C(=O)O. The Balaban J connectivity index is 1.83. The quantitative estimate of drug-likeness (QED) is 0.294. The van der Waals surface area contributed by atoms with Gasteiger partial charge in [-0.15, -0.1) is 0 Å². The van der Waals surface area contributed by atoms with Gasteiger partial charge in [0.25, 0.3) is 5.56 Å². The van der Waals surface area contributed by atoms with Crippen LogP contribution in [0.15, 0.2) is 47.3 Å². The second-order valence-electron chi connectivity index (χ2n) is 6.52. The van der Waals surface area contributed by atoms with E-state index in [2.05, 4.69) is 55.4 Å². The van der Waals surface area contributed by atoms with Crippen LogP contribution in [0.25, 0.3) is 0 Å². The van der Waals surface area contributed by atoms with Gasteiger partial charge in [-0.25, -0.2) is 5.10 Å². The Bertz CT molecular complexity index is 1110. The fourth-order valence-electron chi connectivity index (χ4n) is 2.72. The number of halogens is 2. The molecule has 0 amide bonds. The third kappa shape index (κ3) is 5.70. The predicted octanol–water partition coefficient (Wildman–Crippen LogP) is 3.02. The molecule has 1 aromatic heterocycles. The summed E-state index contributed by atoms with van der Waals surface area (Å²) in [6.45, 7) is 0. The fraction of sp³-hybridized carbons (Fsp3) is 0.150. The maximum Gasteiger partial charge on any atom is 0.320 e. The van der Waals surface area contributed by atoms with Crippen molar-refractivity contribution in [3.63, 3.8) is 0 Å². The highest BCUT2D eigenvalue weighted by atomic mass is 127. The number of aromatic nitrogens is 2. The monoisotopic (exact) mass is 633 g/mol. The van der Waals surface area contributed by atoms with Gasteiger partial charge in [-0.1, -0.05) is 0 Å². The molecule has 10 heteroatoms. The number of rotatable bonds is 7. The number of phenolic OH excluding ortho intramolecular Hbond substituents is 1. The molecule has 0 aliphatic carbocycles. The summed E-state index contributed by atoms with van der Waals surface area (Å²) in [7, 11) is 0. The zero-order chi connectivity index (χ0) is 21.8. The summed E-state index contributed by atoms with van der Waals surface area (Å²) < 4.78 is 7.67. The van der Waals surface area contributed by atoms with Crippen LogP contribution in [0, 0.1) is 7.14 Å². The molecule has 0 spiro atoms. The smallest absolute Gasteiger partial charge is 0.320 e. The molecule has 3 rings (SSSR count). The lowest BCUT2D eigenvalue weighted by Crippen LogP contribution is -2.32. The van der Waals surface area contributed by atoms with E-state index in [1.54, 1.807) is 18.2 Å². The van der Waals surface area contributed by atoms with Crippen molar-refractivity contribution in [2.45, 2.75) is 18.9 Å². The number of H-pyrrole nitrogens is 1. The van der Waals surface area contributed by atoms with Crippen molar-refractivity contribution in [2.75, 3.05) is 0 Å². The summed E-state index contributed by atoms with van der Waals surface area (Å²) in [6.07, 6.45) is 0.539. The minimum absolute atomic E-state index is 0.0951. The van der Waals surface area contributed by atoms with E-state index in [9.17, 15) is 14.7 Å². The van der Waals surface area contributed by atoms with E-state index in [1.807, 2.05) is 12.1 Å². The molecular formula is C20H17I2N3O5. The number of nitrogens with one attached hydrogen (secondary N) is 1. The predicted molar refractivity (Wildman–Crippen MR) is 127 cm³/mol. The van der Waals surface area contributed by atoms with Crippen LogP contribution in [-0.2, 0) is 17.6 Å². The first kappa shape index (κ1) is 22.5. The van der Waals surface area contributed by atoms with Crippen molar-refractivity contribution in [3.05, 3.63) is 76.8 Å². The molecule has 2 aromatic carbocycles. The van der Waals surface area contributed by atoms with Gasteiger partial charge in [-0.05, 0) is 93.6 Å². The number of aliphatic carboxylic acids is 1. The van der Waals surface area contributed by atoms with Crippen molar-refractivity contribution >= 4 is 51.2 Å². The van der Waals surface area contributed by atoms with Crippen LogP contribution in [0.1, 0.15) is 16.8 Å². The van der Waals surface area contributed by atoms with Crippen molar-refractivity contribution < 1.29 is 19.7 Å². The first-order valence-electron chi connectivity index (χ1n) is 8.73. The van der Waals surface area contributed by atoms with E-state index in [0.717, 1.165) is 12.7 Å². The van der Waals surface area contributed by atoms with E-state index in [4.69, 9.17) is 15.6 Å². The summed E-state index contributed by atoms with van der Waals surface area (Å²) in [4.78, 5) is 22.1. The Hall–Kier alpha value is -2.19. The van der Waals surface area contributed by atoms with Gasteiger partial charge in [0.1, 0.15) is 17.5 Å². The number of phenols is 1. The normalized spacial score (nSPS) is 11.8. The number of ether oxygens (including phenoxy) is 1. The van der Waals surface area contributed by atoms with Crippen LogP contribution >= 0.6 is 45.2 Å². The molecule has 0 radical (unpaired) electrons. The highest BCUT2D eigenvalue weighted by molar-refractivity contribution is 14.1. The van der Waals surface area contributed by atoms with Crippen LogP contribution < -0.4 is 16.0 Å². The van der Waals surface area contributed by atoms with Crippen molar-refractivity contribution in [1.29, 1.82) is 0 Å². The second kappa shape index (κ2) is 9.75. The lowest BCUT2D eigenvalue weighted by molar-refractivity contribution is -0.138. The Labute approximate surface area is 198 Å². The van der Waals surface area contributed by atoms with Gasteiger partial charge in [-0.3, -0.25) is 9.59 Å². The number of hydrogen-bond donors (Lipinski definition) is 4. The number of nitrogens with zero attached hydrogens (tertiary/aromatic N) is 1. The van der Waals surface area contributed by atoms with Gasteiger partial charge >= 0.3 is 5.97 Å². The standard InChI is InChI=1S/C20H17I2N3O5/c21-14-5-10(7-16(23)20(28)29)6-15(22)19(14)30-13-2-3-17(26)11(9-13)8-12-1-4-18(27)25-24-12/h1-6,9,16,26H,7-8,23H2,(H,25,27)(H,28,29)/t16-/m1/s1. The minimum atomic E-state index is -1.05. The third-order valence-electron chi connectivity index (χ3n) is 4.21. The molecule has 3 aromatic rings. The van der Waals surface area contributed by atoms with E-state index < -0.39 is 12.0 Å². The summed E-state index contributed by atoms with van der Waals surface area (Å²) in [5.74, 6) is 0.201. The number of carbonyl (C=O) groups is 1. The number of carboxylic acid groups (broad SMARTS) is 1. The number of nitrogens with two attached hydrogens (primary N) is 1. The Morgan fingerprint density at radius 2 is 1.87 bits per heavy atom. The van der Waals surface area contributed by atoms with E-state index in [1.165, 1.54) is 12.1 Å². The van der Waals surface area contributed by atoms with Crippen molar-refractivity contribution in [1.82, 2.24) is 10.2 Å². The molecular weight excluding hydrogens is 616 g/mol. The highest BCUT2D eigenvalue weighted by Crippen LogP contribution is 2.35. The van der Waals surface area contributed by atoms with Gasteiger partial charge in [-0.2, -0.15) is 5.10 Å². The molecule has 0 saturated carbocycles. The largest absolute Gasteiger partial charge is 0.508 e. The van der Waals surface area contributed by atoms with E-state index in [0.29, 0.717) is 29.2 Å². The summed E-state index contributed by atoms with van der Waals surface area (Å²) in [6, 6.07) is 10.6. The van der Waals surface area contributed by atoms with Crippen molar-refractivity contribution in [2.24, 2.45) is 5.73 Å². The number of benzene rings is 2. The first-order chi connectivity index (χ1) is 14.2. The Kier molecular flexibility index (Phi) is 7.31. The third-order valence-corrected chi connectivity index (χ3v) is 5.81. The topological polar surface area (TPSA) is 139 Å². The number of carboxylic acids is 1. The van der Waals surface area contributed by atoms with E-state index >= 15 is 0 Å². The highest BCUT2D eigenvalue weighted by Gasteiger charge is 2.16. The van der Waals surface area contributed by atoms with Crippen molar-refractivity contribution in [3.8, 4) is 17.2 Å². The molecule has 5 N–H and O–H groups in total. The molecule has 30 heavy (non-hydrogen) atoms. The van der Waals surface area contributed by atoms with E-state index in [-0.39, 0.29) is 17.7 Å². The molecule has 0 fully saturated rings. The number of aromatic hydroxyl groups is 1. The van der Waals surface area contributed by atoms with Crippen LogP contribution in [0.5, 0.6) is 17.2 Å². The molecule has 0 unspecified atom stereocenters. The maximum absolute atomic E-state index is 11.2. The molecule has 0 aliphatic rings.